The Kier molecular flexibility index (Phi) is 7.36. The largest absolute Gasteiger partial charge is 0.461 e. The van der Waals surface area contributed by atoms with Gasteiger partial charge in [-0.3, -0.25) is 9.59 Å². The van der Waals surface area contributed by atoms with Gasteiger partial charge in [-0.1, -0.05) is 60.7 Å². The molecule has 0 spiro atoms. The second-order valence-corrected chi connectivity index (χ2v) is 7.31. The van der Waals surface area contributed by atoms with Gasteiger partial charge in [0.2, 0.25) is 0 Å². The van der Waals surface area contributed by atoms with E-state index in [1.54, 1.807) is 36.4 Å². The van der Waals surface area contributed by atoms with Crippen molar-refractivity contribution in [3.05, 3.63) is 102 Å². The summed E-state index contributed by atoms with van der Waals surface area (Å²) in [4.78, 5) is 38.6. The van der Waals surface area contributed by atoms with Crippen LogP contribution in [0.15, 0.2) is 84.9 Å². The SMILES string of the molecule is Nc1ccc(C(=O)[C@](N)(CC(=O)OCc2ccccc2)C(=O)OCc2ccccc2)cc1. The molecule has 32 heavy (non-hydrogen) atoms. The van der Waals surface area contributed by atoms with E-state index in [1.165, 1.54) is 24.3 Å². The van der Waals surface area contributed by atoms with E-state index >= 15 is 0 Å². The average Bonchev–Trinajstić information content (AvgIpc) is 2.82. The molecule has 7 nitrogen and oxygen atoms in total. The molecule has 0 radical (unpaired) electrons. The fourth-order valence-corrected chi connectivity index (χ4v) is 3.01. The van der Waals surface area contributed by atoms with E-state index in [-0.39, 0.29) is 18.8 Å². The van der Waals surface area contributed by atoms with Gasteiger partial charge in [0, 0.05) is 11.3 Å². The van der Waals surface area contributed by atoms with Gasteiger partial charge in [0.05, 0.1) is 6.42 Å². The normalized spacial score (nSPS) is 12.4. The molecule has 0 bridgehead atoms. The third-order valence-corrected chi connectivity index (χ3v) is 4.82. The van der Waals surface area contributed by atoms with Gasteiger partial charge in [-0.05, 0) is 35.4 Å². The molecule has 3 aromatic rings. The molecular formula is C25H24N2O5. The lowest BCUT2D eigenvalue weighted by Crippen LogP contribution is -2.57. The highest BCUT2D eigenvalue weighted by molar-refractivity contribution is 6.18. The first-order valence-corrected chi connectivity index (χ1v) is 9.98. The summed E-state index contributed by atoms with van der Waals surface area (Å²) < 4.78 is 10.5. The zero-order valence-electron chi connectivity index (χ0n) is 17.4. The van der Waals surface area contributed by atoms with Crippen molar-refractivity contribution in [1.82, 2.24) is 0 Å². The second-order valence-electron chi connectivity index (χ2n) is 7.31. The Morgan fingerprint density at radius 3 is 1.75 bits per heavy atom. The van der Waals surface area contributed by atoms with E-state index in [0.717, 1.165) is 11.1 Å². The van der Waals surface area contributed by atoms with Crippen LogP contribution in [0.25, 0.3) is 0 Å². The van der Waals surface area contributed by atoms with Crippen molar-refractivity contribution in [1.29, 1.82) is 0 Å². The maximum atomic E-state index is 13.2. The average molecular weight is 432 g/mol. The number of ether oxygens (including phenoxy) is 2. The van der Waals surface area contributed by atoms with Gasteiger partial charge in [0.25, 0.3) is 0 Å². The van der Waals surface area contributed by atoms with E-state index in [4.69, 9.17) is 20.9 Å². The van der Waals surface area contributed by atoms with E-state index in [1.807, 2.05) is 24.3 Å². The Balaban J connectivity index is 1.77. The van der Waals surface area contributed by atoms with Crippen molar-refractivity contribution in [2.45, 2.75) is 25.2 Å². The molecule has 3 rings (SSSR count). The van der Waals surface area contributed by atoms with Crippen LogP contribution >= 0.6 is 0 Å². The molecular weight excluding hydrogens is 408 g/mol. The molecule has 1 atom stereocenters. The number of Topliss-reactive ketones (excluding diaryl/α,β-unsaturated/α-hetero) is 1. The van der Waals surface area contributed by atoms with Crippen molar-refractivity contribution in [2.24, 2.45) is 5.73 Å². The molecule has 0 saturated heterocycles. The summed E-state index contributed by atoms with van der Waals surface area (Å²) in [6.07, 6.45) is -0.670. The standard InChI is InChI=1S/C25H24N2O5/c26-21-13-11-20(12-14-21)23(29)25(27,24(30)32-17-19-9-5-2-6-10-19)15-22(28)31-16-18-7-3-1-4-8-18/h1-14H,15-17,26-27H2/t25-/m1/s1. The molecule has 4 N–H and O–H groups in total. The molecule has 0 saturated carbocycles. The van der Waals surface area contributed by atoms with Crippen LogP contribution in [0, 0.1) is 0 Å². The fourth-order valence-electron chi connectivity index (χ4n) is 3.01. The smallest absolute Gasteiger partial charge is 0.335 e. The monoisotopic (exact) mass is 432 g/mol. The molecule has 0 aliphatic carbocycles. The number of hydrogen-bond donors (Lipinski definition) is 2. The van der Waals surface area contributed by atoms with Crippen molar-refractivity contribution in [3.63, 3.8) is 0 Å². The van der Waals surface area contributed by atoms with Crippen LogP contribution in [-0.4, -0.2) is 23.3 Å². The number of nitrogen functional groups attached to an aromatic ring is 1. The third-order valence-electron chi connectivity index (χ3n) is 4.82. The van der Waals surface area contributed by atoms with Crippen molar-refractivity contribution >= 4 is 23.4 Å². The molecule has 0 aliphatic rings. The van der Waals surface area contributed by atoms with Gasteiger partial charge < -0.3 is 20.9 Å². The number of ketones is 1. The maximum absolute atomic E-state index is 13.2. The molecule has 0 fully saturated rings. The summed E-state index contributed by atoms with van der Waals surface area (Å²) in [5.74, 6) is -2.57. The van der Waals surface area contributed by atoms with Gasteiger partial charge in [0.1, 0.15) is 13.2 Å². The quantitative estimate of drug-likeness (QED) is 0.231. The van der Waals surface area contributed by atoms with Crippen LogP contribution in [0.2, 0.25) is 0 Å². The van der Waals surface area contributed by atoms with E-state index in [2.05, 4.69) is 0 Å². The first-order valence-electron chi connectivity index (χ1n) is 9.98. The second kappa shape index (κ2) is 10.4. The molecule has 0 amide bonds. The topological polar surface area (TPSA) is 122 Å². The van der Waals surface area contributed by atoms with Crippen molar-refractivity contribution in [3.8, 4) is 0 Å². The van der Waals surface area contributed by atoms with E-state index < -0.39 is 29.7 Å². The molecule has 0 unspecified atom stereocenters. The molecule has 0 heterocycles. The zero-order chi connectivity index (χ0) is 23.0. The number of esters is 2. The summed E-state index contributed by atoms with van der Waals surface area (Å²) in [6.45, 7) is -0.0996. The maximum Gasteiger partial charge on any atom is 0.335 e. The lowest BCUT2D eigenvalue weighted by molar-refractivity contribution is -0.156. The van der Waals surface area contributed by atoms with Gasteiger partial charge in [-0.15, -0.1) is 0 Å². The van der Waals surface area contributed by atoms with Crippen molar-refractivity contribution < 1.29 is 23.9 Å². The number of anilines is 1. The number of benzene rings is 3. The molecule has 164 valence electrons. The molecule has 0 aliphatic heterocycles. The summed E-state index contributed by atoms with van der Waals surface area (Å²) in [7, 11) is 0. The van der Waals surface area contributed by atoms with Gasteiger partial charge in [0.15, 0.2) is 11.3 Å². The summed E-state index contributed by atoms with van der Waals surface area (Å²) >= 11 is 0. The number of rotatable bonds is 9. The molecule has 3 aromatic carbocycles. The van der Waals surface area contributed by atoms with Gasteiger partial charge >= 0.3 is 11.9 Å². The van der Waals surface area contributed by atoms with Crippen LogP contribution < -0.4 is 11.5 Å². The van der Waals surface area contributed by atoms with Crippen LogP contribution in [-0.2, 0) is 32.3 Å². The van der Waals surface area contributed by atoms with Crippen LogP contribution in [0.1, 0.15) is 27.9 Å². The summed E-state index contributed by atoms with van der Waals surface area (Å²) in [6, 6.07) is 23.9. The van der Waals surface area contributed by atoms with Crippen LogP contribution in [0.4, 0.5) is 5.69 Å². The number of carbonyl (C=O) groups excluding carboxylic acids is 3. The summed E-state index contributed by atoms with van der Waals surface area (Å²) in [5, 5.41) is 0. The highest BCUT2D eigenvalue weighted by Crippen LogP contribution is 2.20. The van der Waals surface area contributed by atoms with Crippen LogP contribution in [0.3, 0.4) is 0 Å². The first-order chi connectivity index (χ1) is 15.4. The Labute approximate surface area is 185 Å². The zero-order valence-corrected chi connectivity index (χ0v) is 17.4. The Bertz CT molecular complexity index is 1070. The van der Waals surface area contributed by atoms with E-state index in [0.29, 0.717) is 5.69 Å². The Morgan fingerprint density at radius 2 is 1.22 bits per heavy atom. The number of nitrogens with two attached hydrogens (primary N) is 2. The minimum Gasteiger partial charge on any atom is -0.461 e. The predicted octanol–water partition coefficient (Wildman–Crippen LogP) is 3.03. The van der Waals surface area contributed by atoms with Crippen molar-refractivity contribution in [2.75, 3.05) is 5.73 Å². The lowest BCUT2D eigenvalue weighted by Gasteiger charge is -2.25. The number of hydrogen-bond acceptors (Lipinski definition) is 7. The fraction of sp³-hybridized carbons (Fsp3) is 0.160. The highest BCUT2D eigenvalue weighted by atomic mass is 16.5. The Morgan fingerprint density at radius 1 is 0.719 bits per heavy atom. The summed E-state index contributed by atoms with van der Waals surface area (Å²) in [5.41, 5.74) is 11.7. The third kappa shape index (κ3) is 5.80. The lowest BCUT2D eigenvalue weighted by atomic mass is 9.87. The Hall–Kier alpha value is -3.97. The van der Waals surface area contributed by atoms with Gasteiger partial charge in [-0.2, -0.15) is 0 Å². The first kappa shape index (κ1) is 22.7. The van der Waals surface area contributed by atoms with Crippen LogP contribution in [0.5, 0.6) is 0 Å². The molecule has 0 aromatic heterocycles. The van der Waals surface area contributed by atoms with E-state index in [9.17, 15) is 14.4 Å². The minimum atomic E-state index is -2.25. The predicted molar refractivity (Wildman–Crippen MR) is 119 cm³/mol. The molecule has 7 heteroatoms. The number of carbonyl (C=O) groups is 3. The minimum absolute atomic E-state index is 0.00905. The van der Waals surface area contributed by atoms with Gasteiger partial charge in [-0.25, -0.2) is 4.79 Å². The highest BCUT2D eigenvalue weighted by Gasteiger charge is 2.46.